The van der Waals surface area contributed by atoms with Crippen LogP contribution in [0.25, 0.3) is 0 Å². The minimum absolute atomic E-state index is 0.351. The van der Waals surface area contributed by atoms with E-state index < -0.39 is 0 Å². The monoisotopic (exact) mass is 273 g/mol. The number of halogens is 1. The van der Waals surface area contributed by atoms with Gasteiger partial charge in [0.2, 0.25) is 0 Å². The molecule has 0 aliphatic heterocycles. The Hall–Kier alpha value is -0.680. The number of methoxy groups -OCH3 is 1. The average Bonchev–Trinajstić information content (AvgIpc) is 2.77. The second-order valence-corrected chi connectivity index (χ2v) is 5.55. The molecule has 1 aromatic rings. The highest BCUT2D eigenvalue weighted by molar-refractivity contribution is 7.99. The van der Waals surface area contributed by atoms with Crippen molar-refractivity contribution in [2.24, 2.45) is 0 Å². The number of anilines is 1. The van der Waals surface area contributed by atoms with E-state index in [1.54, 1.807) is 7.11 Å². The normalized spacial score (nSPS) is 23.7. The topological polar surface area (TPSA) is 47.0 Å². The minimum Gasteiger partial charge on any atom is -0.490 e. The van der Waals surface area contributed by atoms with Crippen LogP contribution in [-0.4, -0.2) is 34.6 Å². The van der Waals surface area contributed by atoms with Crippen molar-refractivity contribution in [2.45, 2.75) is 30.6 Å². The molecule has 1 fully saturated rings. The fraction of sp³-hybridized carbons (Fsp3) is 0.636. The van der Waals surface area contributed by atoms with Gasteiger partial charge in [0.05, 0.1) is 7.11 Å². The summed E-state index contributed by atoms with van der Waals surface area (Å²) >= 11 is 7.88. The van der Waals surface area contributed by atoms with Crippen LogP contribution < -0.4 is 10.1 Å². The maximum absolute atomic E-state index is 5.95. The van der Waals surface area contributed by atoms with Gasteiger partial charge in [0.25, 0.3) is 0 Å². The molecule has 1 saturated carbocycles. The minimum atomic E-state index is 0.351. The van der Waals surface area contributed by atoms with Gasteiger partial charge in [0, 0.05) is 11.3 Å². The third kappa shape index (κ3) is 2.96. The van der Waals surface area contributed by atoms with Crippen LogP contribution in [-0.2, 0) is 0 Å². The Morgan fingerprint density at radius 1 is 1.47 bits per heavy atom. The fourth-order valence-electron chi connectivity index (χ4n) is 2.11. The number of hydrogen-bond donors (Lipinski definition) is 1. The van der Waals surface area contributed by atoms with Crippen LogP contribution >= 0.6 is 23.4 Å². The van der Waals surface area contributed by atoms with Crippen molar-refractivity contribution in [1.29, 1.82) is 0 Å². The number of hydrogen-bond acceptors (Lipinski definition) is 5. The van der Waals surface area contributed by atoms with E-state index in [9.17, 15) is 0 Å². The van der Waals surface area contributed by atoms with Crippen molar-refractivity contribution in [1.82, 2.24) is 9.97 Å². The van der Waals surface area contributed by atoms with Crippen molar-refractivity contribution in [3.05, 3.63) is 11.5 Å². The van der Waals surface area contributed by atoms with E-state index in [-0.39, 0.29) is 0 Å². The Morgan fingerprint density at radius 2 is 2.29 bits per heavy atom. The Balaban J connectivity index is 2.06. The Labute approximate surface area is 111 Å². The molecule has 0 spiro atoms. The quantitative estimate of drug-likeness (QED) is 0.855. The first-order valence-corrected chi connectivity index (χ1v) is 7.25. The standard InChI is InChI=1S/C11H16ClN3OS/c1-16-9-10(12)13-6-14-11(9)15-7-3-4-8(5-7)17-2/h6-8H,3-5H2,1-2H3,(H,13,14,15). The van der Waals surface area contributed by atoms with E-state index in [0.29, 0.717) is 22.8 Å². The van der Waals surface area contributed by atoms with E-state index in [2.05, 4.69) is 21.5 Å². The lowest BCUT2D eigenvalue weighted by Crippen LogP contribution is -2.17. The predicted molar refractivity (Wildman–Crippen MR) is 72.2 cm³/mol. The van der Waals surface area contributed by atoms with Gasteiger partial charge >= 0.3 is 0 Å². The average molecular weight is 274 g/mol. The van der Waals surface area contributed by atoms with Crippen molar-refractivity contribution in [3.8, 4) is 5.75 Å². The number of rotatable bonds is 4. The zero-order valence-electron chi connectivity index (χ0n) is 9.94. The second-order valence-electron chi connectivity index (χ2n) is 4.06. The van der Waals surface area contributed by atoms with E-state index in [1.807, 2.05) is 11.8 Å². The zero-order valence-corrected chi connectivity index (χ0v) is 11.5. The highest BCUT2D eigenvalue weighted by atomic mass is 35.5. The van der Waals surface area contributed by atoms with Crippen LogP contribution in [0.3, 0.4) is 0 Å². The third-order valence-corrected chi connectivity index (χ3v) is 4.39. The van der Waals surface area contributed by atoms with Crippen LogP contribution in [0.15, 0.2) is 6.33 Å². The molecule has 1 aromatic heterocycles. The Morgan fingerprint density at radius 3 is 2.94 bits per heavy atom. The molecule has 1 aliphatic carbocycles. The van der Waals surface area contributed by atoms with Gasteiger partial charge in [0.15, 0.2) is 16.7 Å². The lowest BCUT2D eigenvalue weighted by Gasteiger charge is -2.15. The van der Waals surface area contributed by atoms with E-state index >= 15 is 0 Å². The summed E-state index contributed by atoms with van der Waals surface area (Å²) in [5.41, 5.74) is 0. The number of nitrogens with zero attached hydrogens (tertiary/aromatic N) is 2. The first-order chi connectivity index (χ1) is 8.24. The van der Waals surface area contributed by atoms with Crippen molar-refractivity contribution >= 4 is 29.2 Å². The van der Waals surface area contributed by atoms with Gasteiger partial charge in [-0.15, -0.1) is 0 Å². The zero-order chi connectivity index (χ0) is 12.3. The van der Waals surface area contributed by atoms with Crippen LogP contribution in [0.1, 0.15) is 19.3 Å². The van der Waals surface area contributed by atoms with E-state index in [4.69, 9.17) is 16.3 Å². The number of nitrogens with one attached hydrogen (secondary N) is 1. The molecule has 0 saturated heterocycles. The Kier molecular flexibility index (Phi) is 4.34. The van der Waals surface area contributed by atoms with Gasteiger partial charge in [-0.1, -0.05) is 11.6 Å². The lowest BCUT2D eigenvalue weighted by atomic mass is 10.2. The Bertz CT molecular complexity index is 391. The molecule has 0 aromatic carbocycles. The summed E-state index contributed by atoms with van der Waals surface area (Å²) in [6, 6.07) is 0.451. The molecule has 6 heteroatoms. The van der Waals surface area contributed by atoms with Gasteiger partial charge in [0.1, 0.15) is 6.33 Å². The maximum atomic E-state index is 5.95. The van der Waals surface area contributed by atoms with E-state index in [1.165, 1.54) is 12.7 Å². The van der Waals surface area contributed by atoms with Crippen molar-refractivity contribution in [2.75, 3.05) is 18.7 Å². The summed E-state index contributed by atoms with van der Waals surface area (Å²) in [6.07, 6.45) is 7.19. The lowest BCUT2D eigenvalue weighted by molar-refractivity contribution is 0.412. The summed E-state index contributed by atoms with van der Waals surface area (Å²) in [6.45, 7) is 0. The highest BCUT2D eigenvalue weighted by Crippen LogP contribution is 2.33. The summed E-state index contributed by atoms with van der Waals surface area (Å²) in [4.78, 5) is 8.09. The van der Waals surface area contributed by atoms with Crippen LogP contribution in [0, 0.1) is 0 Å². The van der Waals surface area contributed by atoms with Gasteiger partial charge in [-0.25, -0.2) is 9.97 Å². The molecule has 1 N–H and O–H groups in total. The first-order valence-electron chi connectivity index (χ1n) is 5.58. The highest BCUT2D eigenvalue weighted by Gasteiger charge is 2.25. The molecular formula is C11H16ClN3OS. The third-order valence-electron chi connectivity index (χ3n) is 3.02. The van der Waals surface area contributed by atoms with Crippen LogP contribution in [0.4, 0.5) is 5.82 Å². The van der Waals surface area contributed by atoms with Crippen LogP contribution in [0.2, 0.25) is 5.15 Å². The maximum Gasteiger partial charge on any atom is 0.198 e. The largest absolute Gasteiger partial charge is 0.490 e. The fourth-order valence-corrected chi connectivity index (χ4v) is 3.12. The van der Waals surface area contributed by atoms with Gasteiger partial charge in [-0.2, -0.15) is 11.8 Å². The summed E-state index contributed by atoms with van der Waals surface area (Å²) in [5, 5.41) is 4.49. The molecule has 0 bridgehead atoms. The predicted octanol–water partition coefficient (Wildman–Crippen LogP) is 2.83. The number of ether oxygens (including phenoxy) is 1. The molecule has 17 heavy (non-hydrogen) atoms. The van der Waals surface area contributed by atoms with Crippen LogP contribution in [0.5, 0.6) is 5.75 Å². The molecule has 2 atom stereocenters. The molecule has 4 nitrogen and oxygen atoms in total. The van der Waals surface area contributed by atoms with Gasteiger partial charge < -0.3 is 10.1 Å². The summed E-state index contributed by atoms with van der Waals surface area (Å²) in [7, 11) is 1.58. The second kappa shape index (κ2) is 5.78. The summed E-state index contributed by atoms with van der Waals surface area (Å²) < 4.78 is 5.21. The smallest absolute Gasteiger partial charge is 0.198 e. The summed E-state index contributed by atoms with van der Waals surface area (Å²) in [5.74, 6) is 1.22. The van der Waals surface area contributed by atoms with E-state index in [0.717, 1.165) is 18.1 Å². The number of thioether (sulfide) groups is 1. The molecule has 94 valence electrons. The SMILES string of the molecule is COc1c(Cl)ncnc1NC1CCC(SC)C1. The number of aromatic nitrogens is 2. The molecule has 1 aliphatic rings. The van der Waals surface area contributed by atoms with Crippen molar-refractivity contribution < 1.29 is 4.74 Å². The first kappa shape index (κ1) is 12.8. The molecule has 0 amide bonds. The van der Waals surface area contributed by atoms with Gasteiger partial charge in [-0.05, 0) is 25.5 Å². The van der Waals surface area contributed by atoms with Crippen molar-refractivity contribution in [3.63, 3.8) is 0 Å². The molecular weight excluding hydrogens is 258 g/mol. The molecule has 1 heterocycles. The molecule has 2 rings (SSSR count). The molecule has 0 radical (unpaired) electrons. The van der Waals surface area contributed by atoms with Gasteiger partial charge in [-0.3, -0.25) is 0 Å². The molecule has 2 unspecified atom stereocenters.